The molecule has 2 N–H and O–H groups in total. The highest BCUT2D eigenvalue weighted by atomic mass is 16.5. The summed E-state index contributed by atoms with van der Waals surface area (Å²) < 4.78 is 7.98. The van der Waals surface area contributed by atoms with Crippen LogP contribution in [0.3, 0.4) is 0 Å². The van der Waals surface area contributed by atoms with Crippen LogP contribution in [0.25, 0.3) is 11.0 Å². The molecule has 3 heterocycles. The number of nitrogen functional groups attached to an aromatic ring is 1. The van der Waals surface area contributed by atoms with E-state index in [4.69, 9.17) is 15.5 Å². The number of hydrogen-bond acceptors (Lipinski definition) is 6. The van der Waals surface area contributed by atoms with Crippen molar-refractivity contribution in [1.29, 1.82) is 0 Å². The van der Waals surface area contributed by atoms with Gasteiger partial charge in [0.15, 0.2) is 5.82 Å². The van der Waals surface area contributed by atoms with Crippen LogP contribution in [-0.2, 0) is 24.5 Å². The molecule has 0 aliphatic carbocycles. The molecule has 0 unspecified atom stereocenters. The number of nitrogens with zero attached hydrogens (tertiary/aromatic N) is 5. The molecule has 4 rings (SSSR count). The fourth-order valence-electron chi connectivity index (χ4n) is 4.26. The highest BCUT2D eigenvalue weighted by Crippen LogP contribution is 2.24. The number of anilines is 1. The molecule has 1 aliphatic rings. The summed E-state index contributed by atoms with van der Waals surface area (Å²) in [5, 5.41) is 0. The number of likely N-dealkylation sites (N-methyl/N-ethyl adjacent to an activating group) is 1. The number of fused-ring (bicyclic) bond motifs is 1. The number of unbranched alkanes of at least 4 members (excludes halogenated alkanes) is 1. The van der Waals surface area contributed by atoms with Gasteiger partial charge in [0.2, 0.25) is 0 Å². The van der Waals surface area contributed by atoms with E-state index in [0.29, 0.717) is 19.2 Å². The van der Waals surface area contributed by atoms with E-state index in [9.17, 15) is 0 Å². The molecule has 34 heavy (non-hydrogen) atoms. The van der Waals surface area contributed by atoms with Crippen molar-refractivity contribution in [2.45, 2.75) is 46.4 Å². The average Bonchev–Trinajstić information content (AvgIpc) is 3.21. The van der Waals surface area contributed by atoms with Gasteiger partial charge in [-0.15, -0.1) is 0 Å². The van der Waals surface area contributed by atoms with E-state index in [1.165, 1.54) is 0 Å². The summed E-state index contributed by atoms with van der Waals surface area (Å²) in [6, 6.07) is 10.2. The van der Waals surface area contributed by atoms with Crippen LogP contribution in [0.5, 0.6) is 0 Å². The van der Waals surface area contributed by atoms with Crippen LogP contribution in [0.15, 0.2) is 36.5 Å². The lowest BCUT2D eigenvalue weighted by Crippen LogP contribution is -2.46. The van der Waals surface area contributed by atoms with Crippen LogP contribution < -0.4 is 5.73 Å². The van der Waals surface area contributed by atoms with Crippen molar-refractivity contribution in [2.75, 3.05) is 45.0 Å². The number of ether oxygens (including phenoxy) is 1. The Morgan fingerprint density at radius 1 is 1.03 bits per heavy atom. The van der Waals surface area contributed by atoms with Crippen LogP contribution in [0.4, 0.5) is 5.82 Å². The van der Waals surface area contributed by atoms with Crippen molar-refractivity contribution in [3.8, 4) is 11.8 Å². The van der Waals surface area contributed by atoms with Gasteiger partial charge < -0.3 is 19.9 Å². The summed E-state index contributed by atoms with van der Waals surface area (Å²) in [4.78, 5) is 14.3. The first-order valence-electron chi connectivity index (χ1n) is 12.4. The molecule has 1 fully saturated rings. The molecule has 2 aromatic heterocycles. The molecule has 7 heteroatoms. The van der Waals surface area contributed by atoms with Gasteiger partial charge in [0, 0.05) is 38.8 Å². The lowest BCUT2D eigenvalue weighted by atomic mass is 10.2. The molecule has 1 aromatic carbocycles. The molecule has 0 saturated carbocycles. The maximum Gasteiger partial charge on any atom is 0.151 e. The third-order valence-corrected chi connectivity index (χ3v) is 6.32. The Hall–Kier alpha value is -2.92. The molecular formula is C27H36N6O. The van der Waals surface area contributed by atoms with E-state index in [0.717, 1.165) is 86.5 Å². The van der Waals surface area contributed by atoms with Gasteiger partial charge in [-0.05, 0) is 18.5 Å². The van der Waals surface area contributed by atoms with Crippen LogP contribution in [-0.4, -0.2) is 63.6 Å². The molecule has 0 radical (unpaired) electrons. The number of nitrogens with two attached hydrogens (primary N) is 1. The highest BCUT2D eigenvalue weighted by Gasteiger charge is 2.16. The third-order valence-electron chi connectivity index (χ3n) is 6.32. The molecule has 1 aliphatic heterocycles. The molecule has 0 spiro atoms. The van der Waals surface area contributed by atoms with E-state index >= 15 is 0 Å². The summed E-state index contributed by atoms with van der Waals surface area (Å²) in [6.45, 7) is 11.5. The largest absolute Gasteiger partial charge is 0.382 e. The standard InChI is InChI=1S/C27H36N6O/c1-3-5-13-24-29-25-23(12-9-14-32-17-15-31(4-2)16-18-32)19-33(26(25)27(28)30-24)21-34-20-22-10-7-6-8-11-22/h6-8,10-11,19H,3-5,13-18,20-21H2,1-2H3,(H2,28,29,30). The van der Waals surface area contributed by atoms with Gasteiger partial charge >= 0.3 is 0 Å². The second kappa shape index (κ2) is 12.0. The topological polar surface area (TPSA) is 72.4 Å². The van der Waals surface area contributed by atoms with Gasteiger partial charge in [-0.2, -0.15) is 0 Å². The van der Waals surface area contributed by atoms with Crippen molar-refractivity contribution in [1.82, 2.24) is 24.3 Å². The SMILES string of the molecule is CCCCc1nc(N)c2c(n1)c(C#CCN1CCN(CC)CC1)cn2COCc1ccccc1. The molecule has 0 bridgehead atoms. The van der Waals surface area contributed by atoms with E-state index in [-0.39, 0.29) is 0 Å². The summed E-state index contributed by atoms with van der Waals surface area (Å²) in [6.07, 6.45) is 4.96. The second-order valence-corrected chi connectivity index (χ2v) is 8.81. The van der Waals surface area contributed by atoms with Crippen molar-refractivity contribution >= 4 is 16.9 Å². The van der Waals surface area contributed by atoms with Crippen LogP contribution in [0, 0.1) is 11.8 Å². The lowest BCUT2D eigenvalue weighted by Gasteiger charge is -2.32. The Morgan fingerprint density at radius 2 is 1.79 bits per heavy atom. The fourth-order valence-corrected chi connectivity index (χ4v) is 4.26. The molecule has 1 saturated heterocycles. The van der Waals surface area contributed by atoms with E-state index in [1.807, 2.05) is 29.0 Å². The smallest absolute Gasteiger partial charge is 0.151 e. The predicted molar refractivity (Wildman–Crippen MR) is 137 cm³/mol. The number of piperazine rings is 1. The molecule has 180 valence electrons. The Labute approximate surface area is 202 Å². The second-order valence-electron chi connectivity index (χ2n) is 8.81. The van der Waals surface area contributed by atoms with Gasteiger partial charge in [-0.1, -0.05) is 62.4 Å². The summed E-state index contributed by atoms with van der Waals surface area (Å²) >= 11 is 0. The zero-order valence-corrected chi connectivity index (χ0v) is 20.5. The lowest BCUT2D eigenvalue weighted by molar-refractivity contribution is 0.0668. The first-order valence-corrected chi connectivity index (χ1v) is 12.4. The number of aryl methyl sites for hydroxylation is 1. The highest BCUT2D eigenvalue weighted by molar-refractivity contribution is 5.90. The molecule has 0 amide bonds. The monoisotopic (exact) mass is 460 g/mol. The summed E-state index contributed by atoms with van der Waals surface area (Å²) in [5.74, 6) is 8.02. The zero-order chi connectivity index (χ0) is 23.8. The Balaban J connectivity index is 1.53. The minimum absolute atomic E-state index is 0.369. The molecule has 7 nitrogen and oxygen atoms in total. The van der Waals surface area contributed by atoms with Crippen molar-refractivity contribution in [3.05, 3.63) is 53.5 Å². The van der Waals surface area contributed by atoms with Crippen LogP contribution >= 0.6 is 0 Å². The Bertz CT molecular complexity index is 1120. The fraction of sp³-hybridized carbons (Fsp3) is 0.481. The predicted octanol–water partition coefficient (Wildman–Crippen LogP) is 3.52. The van der Waals surface area contributed by atoms with E-state index in [1.54, 1.807) is 0 Å². The van der Waals surface area contributed by atoms with E-state index in [2.05, 4.69) is 52.6 Å². The van der Waals surface area contributed by atoms with Crippen molar-refractivity contribution in [2.24, 2.45) is 0 Å². The molecule has 3 aromatic rings. The van der Waals surface area contributed by atoms with Gasteiger partial charge in [0.25, 0.3) is 0 Å². The van der Waals surface area contributed by atoms with Gasteiger partial charge in [-0.25, -0.2) is 9.97 Å². The normalized spacial score (nSPS) is 14.9. The molecule has 0 atom stereocenters. The van der Waals surface area contributed by atoms with Gasteiger partial charge in [0.05, 0.1) is 18.7 Å². The third kappa shape index (κ3) is 6.15. The maximum absolute atomic E-state index is 6.41. The Morgan fingerprint density at radius 3 is 2.53 bits per heavy atom. The first kappa shape index (κ1) is 24.2. The quantitative estimate of drug-likeness (QED) is 0.493. The van der Waals surface area contributed by atoms with Crippen molar-refractivity contribution in [3.63, 3.8) is 0 Å². The van der Waals surface area contributed by atoms with Gasteiger partial charge in [0.1, 0.15) is 23.6 Å². The maximum atomic E-state index is 6.41. The summed E-state index contributed by atoms with van der Waals surface area (Å²) in [5.41, 5.74) is 10.1. The van der Waals surface area contributed by atoms with Gasteiger partial charge in [-0.3, -0.25) is 4.90 Å². The zero-order valence-electron chi connectivity index (χ0n) is 20.5. The van der Waals surface area contributed by atoms with E-state index < -0.39 is 0 Å². The van der Waals surface area contributed by atoms with Crippen LogP contribution in [0.2, 0.25) is 0 Å². The van der Waals surface area contributed by atoms with Crippen molar-refractivity contribution < 1.29 is 4.74 Å². The number of rotatable bonds is 9. The summed E-state index contributed by atoms with van der Waals surface area (Å²) in [7, 11) is 0. The average molecular weight is 461 g/mol. The molecular weight excluding hydrogens is 424 g/mol. The minimum Gasteiger partial charge on any atom is -0.382 e. The Kier molecular flexibility index (Phi) is 8.53. The number of benzene rings is 1. The number of hydrogen-bond donors (Lipinski definition) is 1. The van der Waals surface area contributed by atoms with Crippen LogP contribution in [0.1, 0.15) is 43.6 Å². The first-order chi connectivity index (χ1) is 16.7. The number of aromatic nitrogens is 3. The minimum atomic E-state index is 0.369.